The molecule has 20 unspecified atom stereocenters. The van der Waals surface area contributed by atoms with Gasteiger partial charge in [-0.1, -0.05) is 63.5 Å². The van der Waals surface area contributed by atoms with Crippen molar-refractivity contribution in [3.63, 3.8) is 0 Å². The van der Waals surface area contributed by atoms with Gasteiger partial charge in [0.2, 0.25) is 5.79 Å². The van der Waals surface area contributed by atoms with Gasteiger partial charge in [-0.2, -0.15) is 0 Å². The van der Waals surface area contributed by atoms with Crippen LogP contribution in [0.5, 0.6) is 11.5 Å². The van der Waals surface area contributed by atoms with Gasteiger partial charge in [0, 0.05) is 31.8 Å². The number of phenols is 1. The molecule has 7 bridgehead atoms. The summed E-state index contributed by atoms with van der Waals surface area (Å²) >= 11 is 0. The van der Waals surface area contributed by atoms with Crippen molar-refractivity contribution in [2.75, 3.05) is 26.9 Å². The molecule has 14 nitrogen and oxygen atoms in total. The third kappa shape index (κ3) is 9.90. The van der Waals surface area contributed by atoms with E-state index in [1.807, 2.05) is 18.2 Å². The van der Waals surface area contributed by atoms with E-state index in [4.69, 9.17) is 18.9 Å². The third-order valence-electron chi connectivity index (χ3n) is 20.4. The van der Waals surface area contributed by atoms with Crippen LogP contribution in [0.1, 0.15) is 132 Å². The molecule has 1 spiro atoms. The van der Waals surface area contributed by atoms with Gasteiger partial charge in [-0.25, -0.2) is 4.79 Å². The minimum absolute atomic E-state index is 0.0367. The number of fused-ring (bicyclic) bond motifs is 4. The first-order valence-corrected chi connectivity index (χ1v) is 28.3. The van der Waals surface area contributed by atoms with E-state index in [0.29, 0.717) is 66.3 Å². The van der Waals surface area contributed by atoms with Gasteiger partial charge in [0.25, 0.3) is 0 Å². The molecule has 74 heavy (non-hydrogen) atoms. The Labute approximate surface area is 436 Å². The number of nitrogens with one attached hydrogen (secondary N) is 1. The van der Waals surface area contributed by atoms with Crippen LogP contribution in [0.15, 0.2) is 54.1 Å². The molecule has 0 radical (unpaired) electrons. The topological polar surface area (TPSA) is 225 Å². The molecule has 7 aliphatic carbocycles. The summed E-state index contributed by atoms with van der Waals surface area (Å²) in [4.78, 5) is 29.8. The van der Waals surface area contributed by atoms with Crippen molar-refractivity contribution in [1.29, 1.82) is 0 Å². The number of carbonyl (C=O) groups is 2. The fourth-order valence-corrected chi connectivity index (χ4v) is 17.1. The average Bonchev–Trinajstić information content (AvgIpc) is 3.41. The predicted molar refractivity (Wildman–Crippen MR) is 276 cm³/mol. The maximum Gasteiger partial charge on any atom is 0.334 e. The van der Waals surface area contributed by atoms with E-state index in [1.54, 1.807) is 31.2 Å². The number of carbonyl (C=O) groups excluding carboxylic acids is 2. The highest BCUT2D eigenvalue weighted by atomic mass is 16.7. The summed E-state index contributed by atoms with van der Waals surface area (Å²) in [6.45, 7) is 6.38. The van der Waals surface area contributed by atoms with Gasteiger partial charge in [0.05, 0.1) is 25.4 Å². The lowest BCUT2D eigenvalue weighted by atomic mass is 9.36. The lowest BCUT2D eigenvalue weighted by molar-refractivity contribution is -0.333. The van der Waals surface area contributed by atoms with Crippen molar-refractivity contribution in [1.82, 2.24) is 5.32 Å². The van der Waals surface area contributed by atoms with Gasteiger partial charge in [-0.15, -0.1) is 0 Å². The molecule has 2 aliphatic heterocycles. The van der Waals surface area contributed by atoms with E-state index in [0.717, 1.165) is 55.2 Å². The van der Waals surface area contributed by atoms with Crippen LogP contribution in [0.2, 0.25) is 0 Å². The number of methoxy groups -OCH3 is 1. The molecule has 406 valence electrons. The molecule has 8 N–H and O–H groups in total. The monoisotopic (exact) mass is 1030 g/mol. The molecular formula is C60H83NO13. The van der Waals surface area contributed by atoms with Crippen molar-refractivity contribution in [2.24, 2.45) is 64.6 Å². The van der Waals surface area contributed by atoms with Gasteiger partial charge in [-0.3, -0.25) is 4.79 Å². The summed E-state index contributed by atoms with van der Waals surface area (Å²) in [5, 5.41) is 81.7. The zero-order valence-corrected chi connectivity index (χ0v) is 43.9. The van der Waals surface area contributed by atoms with E-state index in [1.165, 1.54) is 44.9 Å². The number of aliphatic hydroxyl groups is 6. The van der Waals surface area contributed by atoms with Crippen molar-refractivity contribution in [2.45, 2.75) is 171 Å². The molecule has 2 aromatic carbocycles. The zero-order valence-electron chi connectivity index (χ0n) is 43.9. The summed E-state index contributed by atoms with van der Waals surface area (Å²) < 4.78 is 24.4. The Bertz CT molecular complexity index is 2410. The molecule has 9 aliphatic rings. The highest BCUT2D eigenvalue weighted by molar-refractivity contribution is 5.94. The zero-order chi connectivity index (χ0) is 52.2. The minimum Gasteiger partial charge on any atom is -0.504 e. The molecule has 20 atom stereocenters. The highest BCUT2D eigenvalue weighted by Gasteiger charge is 2.66. The smallest absolute Gasteiger partial charge is 0.334 e. The van der Waals surface area contributed by atoms with E-state index in [2.05, 4.69) is 19.2 Å². The first-order chi connectivity index (χ1) is 35.6. The number of rotatable bonds is 16. The van der Waals surface area contributed by atoms with Crippen LogP contribution in [-0.4, -0.2) is 123 Å². The van der Waals surface area contributed by atoms with E-state index >= 15 is 4.79 Å². The minimum atomic E-state index is -2.35. The number of ether oxygens (including phenoxy) is 4. The number of hydrogen-bond donors (Lipinski definition) is 8. The number of aryl methyl sites for hydroxylation is 1. The van der Waals surface area contributed by atoms with Gasteiger partial charge in [-0.05, 0) is 195 Å². The molecule has 14 heteroatoms. The van der Waals surface area contributed by atoms with Crippen LogP contribution in [0.25, 0.3) is 6.08 Å². The summed E-state index contributed by atoms with van der Waals surface area (Å²) in [6.07, 6.45) is 10.0. The van der Waals surface area contributed by atoms with Crippen molar-refractivity contribution < 1.29 is 64.3 Å². The number of phenolic OH excluding ortho intramolecular Hbond substituents is 1. The van der Waals surface area contributed by atoms with Crippen molar-refractivity contribution >= 4 is 18.0 Å². The SMILES string of the molecule is COc1cc(C=C(CC2c3cc(CCO)ccc3CCC2CO)C(=O)OC2C(OC(=O)CCC3CC(C)C4CCC5C(O)C6CCC35C4CC3CCCC(C)C36)C(O)C3OC2(O)C=CC3NCC(C)O)ccc1O. The Balaban J connectivity index is 0.953. The molecule has 11 rings (SSSR count). The quantitative estimate of drug-likeness (QED) is 0.0510. The molecule has 2 heterocycles. The number of esters is 2. The Kier molecular flexibility index (Phi) is 15.8. The molecule has 7 fully saturated rings. The Morgan fingerprint density at radius 1 is 0.946 bits per heavy atom. The van der Waals surface area contributed by atoms with Crippen LogP contribution in [-0.2, 0) is 36.6 Å². The van der Waals surface area contributed by atoms with E-state index < -0.39 is 54.3 Å². The molecule has 0 amide bonds. The van der Waals surface area contributed by atoms with Crippen molar-refractivity contribution in [3.05, 3.63) is 76.4 Å². The van der Waals surface area contributed by atoms with Crippen molar-refractivity contribution in [3.8, 4) is 11.5 Å². The number of aliphatic hydroxyl groups excluding tert-OH is 5. The third-order valence-corrected chi connectivity index (χ3v) is 20.4. The lowest BCUT2D eigenvalue weighted by Crippen LogP contribution is -2.71. The van der Waals surface area contributed by atoms with Crippen LogP contribution in [0.4, 0.5) is 0 Å². The molecular weight excluding hydrogens is 943 g/mol. The second kappa shape index (κ2) is 21.9. The van der Waals surface area contributed by atoms with E-state index in [-0.39, 0.29) is 84.9 Å². The number of hydrogen-bond acceptors (Lipinski definition) is 14. The van der Waals surface area contributed by atoms with E-state index in [9.17, 15) is 40.5 Å². The number of aromatic hydroxyl groups is 1. The normalized spacial score (nSPS) is 40.5. The standard InChI is InChI=1S/C60H83NO13/c1-32-6-5-7-38-29-47-42-14-15-46-53(67)43(52(32)38)18-21-59(46,47)41(24-33(42)2)13-17-51(66)72-56-54(68)55-48(61-30-34(3)64)19-22-60(70,74-55)57(56)73-58(69)40(25-36-9-16-49(65)50(27-36)71-4)28-45-39(31-63)12-11-37-10-8-35(20-23-62)26-44(37)45/h8-10,16,19,22,25-27,32-34,38-39,41-43,45-48,52-57,61-65,67-68,70H,5-7,11-15,17-18,20-21,23-24,28-31H2,1-4H3. The fraction of sp³-hybridized carbons (Fsp3) is 0.700. The fourth-order valence-electron chi connectivity index (χ4n) is 17.1. The number of benzene rings is 2. The largest absolute Gasteiger partial charge is 0.504 e. The van der Waals surface area contributed by atoms with Crippen LogP contribution in [0, 0.1) is 64.6 Å². The Morgan fingerprint density at radius 3 is 2.54 bits per heavy atom. The predicted octanol–water partition coefficient (Wildman–Crippen LogP) is 6.52. The summed E-state index contributed by atoms with van der Waals surface area (Å²) in [6, 6.07) is 9.99. The van der Waals surface area contributed by atoms with Crippen LogP contribution >= 0.6 is 0 Å². The summed E-state index contributed by atoms with van der Waals surface area (Å²) in [5.74, 6) is -0.268. The second-order valence-corrected chi connectivity index (χ2v) is 24.3. The summed E-state index contributed by atoms with van der Waals surface area (Å²) in [7, 11) is 1.42. The maximum atomic E-state index is 15.1. The molecule has 6 saturated carbocycles. The first-order valence-electron chi connectivity index (χ1n) is 28.3. The first kappa shape index (κ1) is 53.5. The molecule has 2 aromatic rings. The maximum absolute atomic E-state index is 15.1. The van der Waals surface area contributed by atoms with Crippen LogP contribution in [0.3, 0.4) is 0 Å². The Hall–Kier alpha value is -3.86. The molecule has 1 saturated heterocycles. The van der Waals surface area contributed by atoms with Gasteiger partial charge >= 0.3 is 11.9 Å². The second-order valence-electron chi connectivity index (χ2n) is 24.3. The van der Waals surface area contributed by atoms with Crippen LogP contribution < -0.4 is 10.1 Å². The molecule has 0 aromatic heterocycles. The van der Waals surface area contributed by atoms with Gasteiger partial charge in [0.1, 0.15) is 12.2 Å². The van der Waals surface area contributed by atoms with Gasteiger partial charge in [0.15, 0.2) is 23.7 Å². The lowest BCUT2D eigenvalue weighted by Gasteiger charge is -2.69. The average molecular weight is 1030 g/mol. The summed E-state index contributed by atoms with van der Waals surface area (Å²) in [5.41, 5.74) is 3.50. The van der Waals surface area contributed by atoms with Gasteiger partial charge < -0.3 is 60.0 Å². The Morgan fingerprint density at radius 2 is 1.77 bits per heavy atom. The highest BCUT2D eigenvalue weighted by Crippen LogP contribution is 2.71.